The number of hydrogen-bond acceptors (Lipinski definition) is 6. The number of nitro benzene ring substituents is 1. The maximum Gasteiger partial charge on any atom is 0.275 e. The second-order valence-electron chi connectivity index (χ2n) is 6.47. The van der Waals surface area contributed by atoms with Gasteiger partial charge >= 0.3 is 0 Å². The normalized spacial score (nSPS) is 11.1. The van der Waals surface area contributed by atoms with E-state index in [-0.39, 0.29) is 11.5 Å². The first-order valence-electron chi connectivity index (χ1n) is 8.99. The maximum absolute atomic E-state index is 12.4. The number of aromatic nitrogens is 4. The monoisotopic (exact) mass is 399 g/mol. The molecular formula is C21H13N5O4. The van der Waals surface area contributed by atoms with Gasteiger partial charge in [-0.1, -0.05) is 30.3 Å². The van der Waals surface area contributed by atoms with Gasteiger partial charge in [0.1, 0.15) is 0 Å². The number of nitrogens with zero attached hydrogens (tertiary/aromatic N) is 5. The molecule has 5 rings (SSSR count). The van der Waals surface area contributed by atoms with Gasteiger partial charge < -0.3 is 4.42 Å². The van der Waals surface area contributed by atoms with Gasteiger partial charge in [0.2, 0.25) is 11.6 Å². The first-order chi connectivity index (χ1) is 14.6. The average Bonchev–Trinajstić information content (AvgIpc) is 3.42. The van der Waals surface area contributed by atoms with Crippen LogP contribution in [0.25, 0.3) is 34.3 Å². The van der Waals surface area contributed by atoms with E-state index in [4.69, 9.17) is 4.42 Å². The molecule has 0 aliphatic carbocycles. The maximum atomic E-state index is 12.4. The molecule has 0 unspecified atom stereocenters. The molecule has 0 aliphatic rings. The molecule has 3 aromatic heterocycles. The largest absolute Gasteiger partial charge is 0.461 e. The van der Waals surface area contributed by atoms with E-state index in [1.165, 1.54) is 29.1 Å². The summed E-state index contributed by atoms with van der Waals surface area (Å²) in [6.45, 7) is 0. The van der Waals surface area contributed by atoms with Crippen LogP contribution in [0.1, 0.15) is 0 Å². The first kappa shape index (κ1) is 17.6. The predicted molar refractivity (Wildman–Crippen MR) is 108 cm³/mol. The van der Waals surface area contributed by atoms with Gasteiger partial charge in [-0.2, -0.15) is 9.67 Å². The van der Waals surface area contributed by atoms with E-state index in [0.29, 0.717) is 23.0 Å². The Balaban J connectivity index is 1.84. The summed E-state index contributed by atoms with van der Waals surface area (Å²) in [6, 6.07) is 20.2. The van der Waals surface area contributed by atoms with E-state index >= 15 is 0 Å². The quantitative estimate of drug-likeness (QED) is 0.337. The number of fused-ring (bicyclic) bond motifs is 1. The lowest BCUT2D eigenvalue weighted by Gasteiger charge is -2.07. The Labute approximate surface area is 168 Å². The topological polar surface area (TPSA) is 108 Å². The highest BCUT2D eigenvalue weighted by atomic mass is 16.6. The summed E-state index contributed by atoms with van der Waals surface area (Å²) in [5.74, 6) is 1.20. The van der Waals surface area contributed by atoms with Crippen LogP contribution in [0.5, 0.6) is 0 Å². The van der Waals surface area contributed by atoms with Crippen molar-refractivity contribution in [3.8, 4) is 28.5 Å². The Morgan fingerprint density at radius 3 is 2.40 bits per heavy atom. The number of hydrogen-bond donors (Lipinski definition) is 0. The van der Waals surface area contributed by atoms with Gasteiger partial charge in [0.15, 0.2) is 5.76 Å². The van der Waals surface area contributed by atoms with E-state index in [1.807, 2.05) is 30.3 Å². The van der Waals surface area contributed by atoms with Gasteiger partial charge in [0.25, 0.3) is 11.2 Å². The average molecular weight is 399 g/mol. The minimum atomic E-state index is -0.477. The van der Waals surface area contributed by atoms with Gasteiger partial charge in [-0.3, -0.25) is 19.3 Å². The van der Waals surface area contributed by atoms with Crippen LogP contribution >= 0.6 is 0 Å². The molecule has 0 spiro atoms. The molecule has 0 fully saturated rings. The van der Waals surface area contributed by atoms with Crippen molar-refractivity contribution in [3.63, 3.8) is 0 Å². The van der Waals surface area contributed by atoms with Gasteiger partial charge in [-0.15, -0.1) is 5.10 Å². The molecule has 2 aromatic carbocycles. The predicted octanol–water partition coefficient (Wildman–Crippen LogP) is 3.72. The number of nitro groups is 1. The number of benzene rings is 2. The molecule has 3 heterocycles. The van der Waals surface area contributed by atoms with E-state index in [9.17, 15) is 14.9 Å². The van der Waals surface area contributed by atoms with Crippen LogP contribution in [-0.2, 0) is 0 Å². The van der Waals surface area contributed by atoms with Crippen molar-refractivity contribution in [2.45, 2.75) is 0 Å². The van der Waals surface area contributed by atoms with Crippen molar-refractivity contribution >= 4 is 11.5 Å². The van der Waals surface area contributed by atoms with Crippen LogP contribution in [0.15, 0.2) is 88.3 Å². The molecule has 0 aliphatic heterocycles. The first-order valence-corrected chi connectivity index (χ1v) is 8.99. The van der Waals surface area contributed by atoms with E-state index in [2.05, 4.69) is 10.1 Å². The second kappa shape index (κ2) is 6.82. The van der Waals surface area contributed by atoms with Gasteiger partial charge in [0.05, 0.1) is 22.6 Å². The zero-order valence-electron chi connectivity index (χ0n) is 15.4. The molecule has 0 saturated heterocycles. The van der Waals surface area contributed by atoms with Gasteiger partial charge in [-0.25, -0.2) is 0 Å². The lowest BCUT2D eigenvalue weighted by Crippen LogP contribution is -2.12. The van der Waals surface area contributed by atoms with Crippen molar-refractivity contribution in [2.75, 3.05) is 0 Å². The third-order valence-electron chi connectivity index (χ3n) is 4.62. The molecule has 0 amide bonds. The van der Waals surface area contributed by atoms with Crippen molar-refractivity contribution in [2.24, 2.45) is 0 Å². The molecule has 0 radical (unpaired) electrons. The van der Waals surface area contributed by atoms with Crippen LogP contribution in [0.3, 0.4) is 0 Å². The Hall–Kier alpha value is -4.53. The fourth-order valence-electron chi connectivity index (χ4n) is 3.28. The van der Waals surface area contributed by atoms with Crippen LogP contribution in [0, 0.1) is 10.1 Å². The summed E-state index contributed by atoms with van der Waals surface area (Å²) < 4.78 is 8.76. The molecule has 0 saturated carbocycles. The summed E-state index contributed by atoms with van der Waals surface area (Å²) in [7, 11) is 0. The molecule has 0 N–H and O–H groups in total. The number of non-ortho nitro benzene ring substituents is 1. The molecule has 146 valence electrons. The summed E-state index contributed by atoms with van der Waals surface area (Å²) in [4.78, 5) is 27.1. The van der Waals surface area contributed by atoms with Crippen LogP contribution in [-0.4, -0.2) is 24.1 Å². The van der Waals surface area contributed by atoms with Crippen molar-refractivity contribution in [3.05, 3.63) is 99.5 Å². The summed E-state index contributed by atoms with van der Waals surface area (Å²) in [6.07, 6.45) is 1.53. The molecule has 9 nitrogen and oxygen atoms in total. The molecule has 5 aromatic rings. The van der Waals surface area contributed by atoms with E-state index in [1.54, 1.807) is 28.7 Å². The third kappa shape index (κ3) is 2.85. The Kier molecular flexibility index (Phi) is 3.99. The smallest absolute Gasteiger partial charge is 0.275 e. The minimum Gasteiger partial charge on any atom is -0.461 e. The number of furan rings is 1. The summed E-state index contributed by atoms with van der Waals surface area (Å²) in [5, 5.41) is 15.6. The zero-order chi connectivity index (χ0) is 20.7. The minimum absolute atomic E-state index is 0.0448. The Morgan fingerprint density at radius 1 is 0.967 bits per heavy atom. The molecule has 30 heavy (non-hydrogen) atoms. The van der Waals surface area contributed by atoms with Gasteiger partial charge in [0, 0.05) is 18.2 Å². The highest BCUT2D eigenvalue weighted by Gasteiger charge is 2.20. The Morgan fingerprint density at radius 2 is 1.73 bits per heavy atom. The van der Waals surface area contributed by atoms with E-state index in [0.717, 1.165) is 5.56 Å². The summed E-state index contributed by atoms with van der Waals surface area (Å²) >= 11 is 0. The molecule has 9 heteroatoms. The van der Waals surface area contributed by atoms with Crippen LogP contribution < -0.4 is 5.56 Å². The highest BCUT2D eigenvalue weighted by Crippen LogP contribution is 2.27. The fraction of sp³-hybridized carbons (Fsp3) is 0. The zero-order valence-corrected chi connectivity index (χ0v) is 15.4. The van der Waals surface area contributed by atoms with Crippen molar-refractivity contribution in [1.82, 2.24) is 19.2 Å². The third-order valence-corrected chi connectivity index (χ3v) is 4.62. The second-order valence-corrected chi connectivity index (χ2v) is 6.47. The van der Waals surface area contributed by atoms with Gasteiger partial charge in [-0.05, 0) is 29.8 Å². The van der Waals surface area contributed by atoms with E-state index < -0.39 is 10.5 Å². The van der Waals surface area contributed by atoms with Crippen molar-refractivity contribution in [1.29, 1.82) is 0 Å². The SMILES string of the molecule is O=c1cc(-c2ccccc2)n2c(-c3ccco3)nn(-c3ccc([N+](=O)[O-])cc3)c2n1. The standard InChI is InChI=1S/C21H13N5O4/c27-19-13-17(14-5-2-1-3-6-14)24-20(18-7-4-12-30-18)23-25(21(24)22-19)15-8-10-16(11-9-15)26(28)29/h1-13H. The van der Waals surface area contributed by atoms with Crippen LogP contribution in [0.4, 0.5) is 5.69 Å². The highest BCUT2D eigenvalue weighted by molar-refractivity contribution is 5.67. The lowest BCUT2D eigenvalue weighted by molar-refractivity contribution is -0.384. The van der Waals surface area contributed by atoms with Crippen LogP contribution in [0.2, 0.25) is 0 Å². The molecule has 0 bridgehead atoms. The molecule has 0 atom stereocenters. The molecular weight excluding hydrogens is 386 g/mol. The fourth-order valence-corrected chi connectivity index (χ4v) is 3.28. The van der Waals surface area contributed by atoms with Crippen molar-refractivity contribution < 1.29 is 9.34 Å². The number of rotatable bonds is 4. The lowest BCUT2D eigenvalue weighted by atomic mass is 10.1. The summed E-state index contributed by atoms with van der Waals surface area (Å²) in [5.41, 5.74) is 1.46. The Bertz CT molecular complexity index is 1420.